The predicted octanol–water partition coefficient (Wildman–Crippen LogP) is 4.89. The fourth-order valence-corrected chi connectivity index (χ4v) is 4.31. The Labute approximate surface area is 205 Å². The third kappa shape index (κ3) is 7.11. The molecule has 1 fully saturated rings. The number of nitrogens with one attached hydrogen (secondary N) is 1. The smallest absolute Gasteiger partial charge is 0.329 e. The van der Waals surface area contributed by atoms with Crippen LogP contribution in [0.1, 0.15) is 54.4 Å². The molecule has 2 aromatic rings. The summed E-state index contributed by atoms with van der Waals surface area (Å²) in [6.07, 6.45) is 4.97. The van der Waals surface area contributed by atoms with E-state index in [0.717, 1.165) is 31.2 Å². The lowest BCUT2D eigenvalue weighted by molar-refractivity contribution is -0.145. The second-order valence-electron chi connectivity index (χ2n) is 8.49. The maximum absolute atomic E-state index is 13.1. The number of ether oxygens (including phenoxy) is 3. The number of halogens is 1. The average Bonchev–Trinajstić information content (AvgIpc) is 3.06. The normalized spacial score (nSPS) is 15.2. The lowest BCUT2D eigenvalue weighted by Gasteiger charge is -2.29. The third-order valence-corrected chi connectivity index (χ3v) is 6.24. The van der Waals surface area contributed by atoms with E-state index >= 15 is 0 Å². The van der Waals surface area contributed by atoms with Crippen molar-refractivity contribution in [3.05, 3.63) is 58.6 Å². The van der Waals surface area contributed by atoms with Gasteiger partial charge >= 0.3 is 5.97 Å². The molecule has 0 heterocycles. The molecule has 0 radical (unpaired) electrons. The Morgan fingerprint density at radius 1 is 0.971 bits per heavy atom. The number of aliphatic carboxylic acids is 1. The van der Waals surface area contributed by atoms with Gasteiger partial charge in [-0.05, 0) is 48.7 Å². The van der Waals surface area contributed by atoms with Crippen LogP contribution in [0.25, 0.3) is 0 Å². The van der Waals surface area contributed by atoms with E-state index in [4.69, 9.17) is 25.8 Å². The van der Waals surface area contributed by atoms with E-state index in [9.17, 15) is 14.7 Å². The number of carbonyl (C=O) groups excluding carboxylic acids is 1. The van der Waals surface area contributed by atoms with Crippen molar-refractivity contribution in [1.29, 1.82) is 0 Å². The Kier molecular flexibility index (Phi) is 9.60. The molecule has 0 unspecified atom stereocenters. The van der Waals surface area contributed by atoms with E-state index in [-0.39, 0.29) is 0 Å². The summed E-state index contributed by atoms with van der Waals surface area (Å²) in [6.45, 7) is 1.09. The molecule has 0 saturated heterocycles. The van der Waals surface area contributed by atoms with Crippen LogP contribution in [0.2, 0.25) is 5.02 Å². The molecule has 0 aliphatic heterocycles. The molecular formula is C26H32ClNO6. The van der Waals surface area contributed by atoms with Gasteiger partial charge in [0.25, 0.3) is 5.91 Å². The summed E-state index contributed by atoms with van der Waals surface area (Å²) in [6, 6.07) is 12.4. The van der Waals surface area contributed by atoms with Crippen molar-refractivity contribution in [3.63, 3.8) is 0 Å². The molecule has 2 aromatic carbocycles. The fraction of sp³-hybridized carbons (Fsp3) is 0.462. The molecule has 0 aromatic heterocycles. The van der Waals surface area contributed by atoms with Crippen molar-refractivity contribution in [3.8, 4) is 11.5 Å². The van der Waals surface area contributed by atoms with E-state index in [1.54, 1.807) is 25.3 Å². The van der Waals surface area contributed by atoms with Gasteiger partial charge in [0, 0.05) is 24.1 Å². The molecule has 0 spiro atoms. The van der Waals surface area contributed by atoms with Crippen molar-refractivity contribution in [2.75, 3.05) is 26.9 Å². The molecule has 2 N–H and O–H groups in total. The van der Waals surface area contributed by atoms with Crippen LogP contribution >= 0.6 is 11.6 Å². The molecule has 1 saturated carbocycles. The first-order chi connectivity index (χ1) is 16.4. The number of amides is 1. The second-order valence-corrected chi connectivity index (χ2v) is 8.92. The Morgan fingerprint density at radius 3 is 2.38 bits per heavy atom. The van der Waals surface area contributed by atoms with Gasteiger partial charge in [0.15, 0.2) is 11.5 Å². The summed E-state index contributed by atoms with van der Waals surface area (Å²) in [5.41, 5.74) is 0.108. The van der Waals surface area contributed by atoms with Crippen molar-refractivity contribution in [1.82, 2.24) is 5.32 Å². The SMILES string of the molecule is COCCOc1ccc(C(=O)NC2(C(=O)O)CCCCCC2)cc1OCCc1cccc(Cl)c1. The standard InChI is InChI=1S/C26H32ClNO6/c1-32-15-16-34-22-10-9-20(18-23(22)33-14-11-19-7-6-8-21(27)17-19)24(29)28-26(25(30)31)12-4-2-3-5-13-26/h6-10,17-18H,2-5,11-16H2,1H3,(H,28,29)(H,30,31). The molecule has 1 amide bonds. The van der Waals surface area contributed by atoms with Gasteiger partial charge in [-0.2, -0.15) is 0 Å². The molecule has 8 heteroatoms. The number of benzene rings is 2. The van der Waals surface area contributed by atoms with E-state index in [0.29, 0.717) is 61.2 Å². The van der Waals surface area contributed by atoms with Gasteiger partial charge in [-0.15, -0.1) is 0 Å². The first-order valence-electron chi connectivity index (χ1n) is 11.6. The lowest BCUT2D eigenvalue weighted by Crippen LogP contribution is -2.54. The first-order valence-corrected chi connectivity index (χ1v) is 12.0. The highest BCUT2D eigenvalue weighted by atomic mass is 35.5. The van der Waals surface area contributed by atoms with Crippen molar-refractivity contribution < 1.29 is 28.9 Å². The van der Waals surface area contributed by atoms with Gasteiger partial charge < -0.3 is 24.6 Å². The average molecular weight is 490 g/mol. The summed E-state index contributed by atoms with van der Waals surface area (Å²) in [7, 11) is 1.59. The number of carbonyl (C=O) groups is 2. The minimum atomic E-state index is -1.24. The number of carboxylic acid groups (broad SMARTS) is 1. The molecule has 1 aliphatic carbocycles. The monoisotopic (exact) mass is 489 g/mol. The van der Waals surface area contributed by atoms with Crippen LogP contribution in [0.3, 0.4) is 0 Å². The zero-order valence-electron chi connectivity index (χ0n) is 19.5. The van der Waals surface area contributed by atoms with Gasteiger partial charge in [-0.1, -0.05) is 49.4 Å². The quantitative estimate of drug-likeness (QED) is 0.344. The largest absolute Gasteiger partial charge is 0.489 e. The van der Waals surface area contributed by atoms with Gasteiger partial charge in [-0.25, -0.2) is 4.79 Å². The van der Waals surface area contributed by atoms with Crippen LogP contribution < -0.4 is 14.8 Å². The second kappa shape index (κ2) is 12.6. The zero-order valence-corrected chi connectivity index (χ0v) is 20.2. The van der Waals surface area contributed by atoms with Crippen LogP contribution in [0, 0.1) is 0 Å². The molecule has 0 atom stereocenters. The molecule has 34 heavy (non-hydrogen) atoms. The number of hydrogen-bond donors (Lipinski definition) is 2. The van der Waals surface area contributed by atoms with Gasteiger partial charge in [0.05, 0.1) is 13.2 Å². The van der Waals surface area contributed by atoms with Crippen LogP contribution in [-0.2, 0) is 16.0 Å². The predicted molar refractivity (Wildman–Crippen MR) is 130 cm³/mol. The Balaban J connectivity index is 1.75. The number of carboxylic acids is 1. The number of hydrogen-bond acceptors (Lipinski definition) is 5. The maximum Gasteiger partial charge on any atom is 0.329 e. The summed E-state index contributed by atoms with van der Waals surface area (Å²) < 4.78 is 16.8. The van der Waals surface area contributed by atoms with Gasteiger partial charge in [-0.3, -0.25) is 4.79 Å². The molecule has 0 bridgehead atoms. The minimum Gasteiger partial charge on any atom is -0.489 e. The van der Waals surface area contributed by atoms with E-state index < -0.39 is 17.4 Å². The Morgan fingerprint density at radius 2 is 1.71 bits per heavy atom. The van der Waals surface area contributed by atoms with Crippen molar-refractivity contribution >= 4 is 23.5 Å². The van der Waals surface area contributed by atoms with Crippen LogP contribution in [0.15, 0.2) is 42.5 Å². The molecule has 7 nitrogen and oxygen atoms in total. The Bertz CT molecular complexity index is 972. The van der Waals surface area contributed by atoms with Crippen LogP contribution in [0.5, 0.6) is 11.5 Å². The maximum atomic E-state index is 13.1. The van der Waals surface area contributed by atoms with Crippen LogP contribution in [0.4, 0.5) is 0 Å². The summed E-state index contributed by atoms with van der Waals surface area (Å²) in [5, 5.41) is 13.4. The van der Waals surface area contributed by atoms with Crippen molar-refractivity contribution in [2.24, 2.45) is 0 Å². The zero-order chi connectivity index (χ0) is 24.4. The number of rotatable bonds is 11. The minimum absolute atomic E-state index is 0.321. The van der Waals surface area contributed by atoms with E-state index in [1.165, 1.54) is 0 Å². The van der Waals surface area contributed by atoms with E-state index in [1.807, 2.05) is 24.3 Å². The highest BCUT2D eigenvalue weighted by Crippen LogP contribution is 2.31. The molecule has 1 aliphatic rings. The topological polar surface area (TPSA) is 94.1 Å². The van der Waals surface area contributed by atoms with Crippen LogP contribution in [-0.4, -0.2) is 49.5 Å². The highest BCUT2D eigenvalue weighted by molar-refractivity contribution is 6.30. The molecule has 3 rings (SSSR count). The van der Waals surface area contributed by atoms with E-state index in [2.05, 4.69) is 5.32 Å². The lowest BCUT2D eigenvalue weighted by atomic mass is 9.90. The van der Waals surface area contributed by atoms with Gasteiger partial charge in [0.2, 0.25) is 0 Å². The number of methoxy groups -OCH3 is 1. The molecule has 184 valence electrons. The van der Waals surface area contributed by atoms with Gasteiger partial charge in [0.1, 0.15) is 12.1 Å². The Hall–Kier alpha value is -2.77. The fourth-order valence-electron chi connectivity index (χ4n) is 4.10. The highest BCUT2D eigenvalue weighted by Gasteiger charge is 2.40. The summed E-state index contributed by atoms with van der Waals surface area (Å²) >= 11 is 6.06. The summed E-state index contributed by atoms with van der Waals surface area (Å²) in [5.74, 6) is -0.522. The third-order valence-electron chi connectivity index (χ3n) is 6.01. The summed E-state index contributed by atoms with van der Waals surface area (Å²) in [4.78, 5) is 25.2. The first kappa shape index (κ1) is 25.8. The van der Waals surface area contributed by atoms with Crippen molar-refractivity contribution in [2.45, 2.75) is 50.5 Å². The molecular weight excluding hydrogens is 458 g/mol.